The van der Waals surface area contributed by atoms with Crippen molar-refractivity contribution in [2.75, 3.05) is 0 Å². The highest BCUT2D eigenvalue weighted by Gasteiger charge is 2.13. The van der Waals surface area contributed by atoms with E-state index in [1.165, 1.54) is 49.4 Å². The van der Waals surface area contributed by atoms with Gasteiger partial charge in [-0.15, -0.1) is 0 Å². The molecule has 0 bridgehead atoms. The summed E-state index contributed by atoms with van der Waals surface area (Å²) in [6, 6.07) is 58.2. The Balaban J connectivity index is 0.0000000905. The van der Waals surface area contributed by atoms with Crippen LogP contribution >= 0.6 is 0 Å². The van der Waals surface area contributed by atoms with Gasteiger partial charge in [0.1, 0.15) is 6.33 Å². The van der Waals surface area contributed by atoms with Crippen molar-refractivity contribution in [3.05, 3.63) is 201 Å². The van der Waals surface area contributed by atoms with E-state index in [1.54, 1.807) is 6.33 Å². The van der Waals surface area contributed by atoms with E-state index in [-0.39, 0.29) is 0 Å². The molecule has 0 aliphatic rings. The zero-order valence-electron chi connectivity index (χ0n) is 39.3. The van der Waals surface area contributed by atoms with Gasteiger partial charge in [0.15, 0.2) is 0 Å². The molecule has 342 valence electrons. The lowest BCUT2D eigenvalue weighted by Gasteiger charge is -1.95. The minimum absolute atomic E-state index is 0.876. The van der Waals surface area contributed by atoms with Crippen molar-refractivity contribution in [1.82, 2.24) is 65.6 Å². The van der Waals surface area contributed by atoms with Gasteiger partial charge in [-0.1, -0.05) is 97.1 Å². The molecule has 14 nitrogen and oxygen atoms in total. The van der Waals surface area contributed by atoms with E-state index in [1.807, 2.05) is 114 Å². The zero-order chi connectivity index (χ0) is 47.5. The predicted molar refractivity (Wildman–Crippen MR) is 282 cm³/mol. The topological polar surface area (TPSA) is 107 Å². The van der Waals surface area contributed by atoms with Crippen molar-refractivity contribution in [3.63, 3.8) is 0 Å². The number of rotatable bonds is 0. The van der Waals surface area contributed by atoms with Gasteiger partial charge in [0.25, 0.3) is 0 Å². The maximum absolute atomic E-state index is 4.68. The molecule has 0 N–H and O–H groups in total. The van der Waals surface area contributed by atoms with Crippen molar-refractivity contribution >= 4 is 100 Å². The van der Waals surface area contributed by atoms with Gasteiger partial charge in [-0.25, -0.2) is 15.0 Å². The van der Waals surface area contributed by atoms with Gasteiger partial charge in [0.2, 0.25) is 23.1 Å². The summed E-state index contributed by atoms with van der Waals surface area (Å²) < 4.78 is 18.8. The van der Waals surface area contributed by atoms with Crippen molar-refractivity contribution in [2.45, 2.75) is 0 Å². The van der Waals surface area contributed by atoms with Crippen molar-refractivity contribution in [1.29, 1.82) is 0 Å². The van der Waals surface area contributed by atoms with E-state index in [0.717, 1.165) is 50.7 Å². The van der Waals surface area contributed by atoms with Gasteiger partial charge in [-0.2, -0.15) is 14.6 Å². The zero-order valence-corrected chi connectivity index (χ0v) is 39.3. The lowest BCUT2D eigenvalue weighted by Crippen LogP contribution is -1.87. The Morgan fingerprint density at radius 1 is 0.329 bits per heavy atom. The molecule has 9 aromatic heterocycles. The summed E-state index contributed by atoms with van der Waals surface area (Å²) in [5.74, 6) is 3.84. The molecule has 70 heavy (non-hydrogen) atoms. The smallest absolute Gasteiger partial charge is 0.233 e. The summed E-state index contributed by atoms with van der Waals surface area (Å²) in [6.45, 7) is 0. The first kappa shape index (κ1) is 42.0. The molecule has 0 aliphatic heterocycles. The van der Waals surface area contributed by atoms with Crippen LogP contribution in [-0.2, 0) is 35.2 Å². The fourth-order valence-corrected chi connectivity index (χ4v) is 9.76. The van der Waals surface area contributed by atoms with Crippen molar-refractivity contribution in [2.24, 2.45) is 35.2 Å². The monoisotopic (exact) mass is 916 g/mol. The molecule has 14 heteroatoms. The van der Waals surface area contributed by atoms with Crippen LogP contribution in [0, 0.1) is 0 Å². The molecule has 0 saturated carbocycles. The SMILES string of the molecule is Cn1c2ccccc2c2ccccc21.Cn1c2ccccc2n2c3ccccc3nc12.Cn1c2ccccc2n2ccnc12.Cn1c2ccccc2n2ncnc12.Cn1ccn2c3ccccc3nc12. The van der Waals surface area contributed by atoms with Crippen molar-refractivity contribution < 1.29 is 0 Å². The Kier molecular flexibility index (Phi) is 10.2. The maximum atomic E-state index is 4.68. The molecule has 16 rings (SSSR count). The van der Waals surface area contributed by atoms with Crippen LogP contribution in [0.1, 0.15) is 0 Å². The summed E-state index contributed by atoms with van der Waals surface area (Å²) in [5.41, 5.74) is 14.1. The van der Waals surface area contributed by atoms with E-state index < -0.39 is 0 Å². The first-order chi connectivity index (χ1) is 34.4. The number of aromatic nitrogens is 14. The number of hydrogen-bond donors (Lipinski definition) is 0. The van der Waals surface area contributed by atoms with Crippen LogP contribution < -0.4 is 0 Å². The minimum atomic E-state index is 0.876. The molecule has 0 fully saturated rings. The summed E-state index contributed by atoms with van der Waals surface area (Å²) in [7, 11) is 10.2. The quantitative estimate of drug-likeness (QED) is 0.151. The van der Waals surface area contributed by atoms with Gasteiger partial charge in [-0.05, 0) is 72.8 Å². The van der Waals surface area contributed by atoms with Crippen LogP contribution in [0.5, 0.6) is 0 Å². The standard InChI is InChI=1S/C14H11N3.C13H11N.2C10H9N3.C9H8N4/c1-16-12-8-4-5-9-13(12)17-11-7-3-2-6-10(11)15-14(16)17;1-14-12-8-4-2-6-10(12)11-7-3-5-9-13(11)14;1-12-6-7-13-9-5-3-2-4-8(9)11-10(12)13;1-12-8-4-2-3-5-9(8)13-7-6-11-10(12)13;1-12-7-4-2-3-5-8(7)13-9(12)10-6-11-13/h2-9H,1H3;2-9H,1H3;2*2-7H,1H3;2-6H,1H3. The van der Waals surface area contributed by atoms with Crippen LogP contribution in [0.15, 0.2) is 201 Å². The number of nitrogens with zero attached hydrogens (tertiary/aromatic N) is 14. The Bertz CT molecular complexity index is 4350. The van der Waals surface area contributed by atoms with Crippen LogP contribution in [0.2, 0.25) is 0 Å². The third kappa shape index (κ3) is 6.83. The Morgan fingerprint density at radius 3 is 1.46 bits per heavy atom. The first-order valence-electron chi connectivity index (χ1n) is 23.1. The van der Waals surface area contributed by atoms with Crippen LogP contribution in [0.3, 0.4) is 0 Å². The second-order valence-corrected chi connectivity index (χ2v) is 17.2. The largest absolute Gasteiger partial charge is 0.344 e. The van der Waals surface area contributed by atoms with Crippen LogP contribution in [-0.4, -0.2) is 65.6 Å². The summed E-state index contributed by atoms with van der Waals surface area (Å²) >= 11 is 0. The van der Waals surface area contributed by atoms with E-state index in [2.05, 4.69) is 181 Å². The lowest BCUT2D eigenvalue weighted by molar-refractivity contribution is 0.940. The van der Waals surface area contributed by atoms with Crippen LogP contribution in [0.4, 0.5) is 0 Å². The maximum Gasteiger partial charge on any atom is 0.233 e. The molecule has 0 aliphatic carbocycles. The normalized spacial score (nSPS) is 11.5. The third-order valence-electron chi connectivity index (χ3n) is 13.2. The summed E-state index contributed by atoms with van der Waals surface area (Å²) in [6.07, 6.45) is 9.42. The van der Waals surface area contributed by atoms with Gasteiger partial charge in [0, 0.05) is 81.8 Å². The molecule has 0 spiro atoms. The van der Waals surface area contributed by atoms with Gasteiger partial charge in [-0.3, -0.25) is 13.2 Å². The Hall–Kier alpha value is -9.43. The number of para-hydroxylation sites is 12. The molecule has 9 heterocycles. The van der Waals surface area contributed by atoms with Crippen molar-refractivity contribution in [3.8, 4) is 0 Å². The van der Waals surface area contributed by atoms with Gasteiger partial charge < -0.3 is 22.8 Å². The number of imidazole rings is 7. The molecule has 16 aromatic rings. The molecule has 0 atom stereocenters. The number of hydrogen-bond acceptors (Lipinski definition) is 5. The molecular formula is C56H48N14. The van der Waals surface area contributed by atoms with E-state index in [0.29, 0.717) is 0 Å². The molecule has 0 amide bonds. The molecular weight excluding hydrogens is 869 g/mol. The molecule has 0 radical (unpaired) electrons. The second kappa shape index (κ2) is 17.0. The second-order valence-electron chi connectivity index (χ2n) is 17.2. The Labute approximate surface area is 400 Å². The molecule has 7 aromatic carbocycles. The fourth-order valence-electron chi connectivity index (χ4n) is 9.76. The average molecular weight is 917 g/mol. The van der Waals surface area contributed by atoms with E-state index in [9.17, 15) is 0 Å². The highest BCUT2D eigenvalue weighted by molar-refractivity contribution is 6.07. The van der Waals surface area contributed by atoms with Gasteiger partial charge in [0.05, 0.1) is 55.2 Å². The van der Waals surface area contributed by atoms with Crippen LogP contribution in [0.25, 0.3) is 100 Å². The van der Waals surface area contributed by atoms with E-state index in [4.69, 9.17) is 0 Å². The number of aryl methyl sites for hydroxylation is 5. The number of fused-ring (bicyclic) bond motifs is 17. The number of benzene rings is 7. The Morgan fingerprint density at radius 2 is 0.786 bits per heavy atom. The lowest BCUT2D eigenvalue weighted by atomic mass is 10.2. The van der Waals surface area contributed by atoms with E-state index >= 15 is 0 Å². The van der Waals surface area contributed by atoms with Gasteiger partial charge >= 0.3 is 0 Å². The fraction of sp³-hybridized carbons (Fsp3) is 0.0893. The first-order valence-corrected chi connectivity index (χ1v) is 23.1. The third-order valence-corrected chi connectivity index (χ3v) is 13.2. The molecule has 0 unspecified atom stereocenters. The minimum Gasteiger partial charge on any atom is -0.344 e. The highest BCUT2D eigenvalue weighted by Crippen LogP contribution is 2.28. The summed E-state index contributed by atoms with van der Waals surface area (Å²) in [5, 5.41) is 6.83. The average Bonchev–Trinajstić information content (AvgIpc) is 4.30. The summed E-state index contributed by atoms with van der Waals surface area (Å²) in [4.78, 5) is 17.6. The molecule has 0 saturated heterocycles. The highest BCUT2D eigenvalue weighted by atomic mass is 15.4. The predicted octanol–water partition coefficient (Wildman–Crippen LogP) is 11.2.